The molecule has 0 aliphatic heterocycles. The zero-order valence-electron chi connectivity index (χ0n) is 14.2. The highest BCUT2D eigenvalue weighted by Gasteiger charge is 2.26. The van der Waals surface area contributed by atoms with Crippen LogP contribution in [0, 0.1) is 10.1 Å². The van der Waals surface area contributed by atoms with Gasteiger partial charge in [0.15, 0.2) is 11.5 Å². The molecule has 1 atom stereocenters. The molecule has 0 saturated carbocycles. The first-order chi connectivity index (χ1) is 12.3. The third-order valence-electron chi connectivity index (χ3n) is 3.72. The highest BCUT2D eigenvalue weighted by Crippen LogP contribution is 2.35. The first-order valence-electron chi connectivity index (χ1n) is 7.44. The van der Waals surface area contributed by atoms with Crippen molar-refractivity contribution in [2.45, 2.75) is 13.0 Å². The zero-order valence-corrected chi connectivity index (χ0v) is 15.7. The Kier molecular flexibility index (Phi) is 6.28. The van der Waals surface area contributed by atoms with Gasteiger partial charge in [0.05, 0.1) is 31.3 Å². The van der Waals surface area contributed by atoms with Gasteiger partial charge < -0.3 is 14.8 Å². The predicted molar refractivity (Wildman–Crippen MR) is 98.5 cm³/mol. The summed E-state index contributed by atoms with van der Waals surface area (Å²) in [6.45, 7) is 1.71. The van der Waals surface area contributed by atoms with Crippen LogP contribution in [0.3, 0.4) is 0 Å². The monoisotopic (exact) mass is 398 g/mol. The van der Waals surface area contributed by atoms with Crippen LogP contribution in [-0.2, 0) is 0 Å². The van der Waals surface area contributed by atoms with Crippen molar-refractivity contribution in [1.82, 2.24) is 5.32 Å². The molecule has 26 heavy (non-hydrogen) atoms. The van der Waals surface area contributed by atoms with E-state index in [1.807, 2.05) is 0 Å². The number of benzene rings is 2. The Bertz CT molecular complexity index is 857. The Morgan fingerprint density at radius 1 is 1.15 bits per heavy atom. The van der Waals surface area contributed by atoms with E-state index in [0.717, 1.165) is 6.07 Å². The molecular weight excluding hydrogens is 383 g/mol. The smallest absolute Gasteiger partial charge is 0.286 e. The summed E-state index contributed by atoms with van der Waals surface area (Å²) in [6.07, 6.45) is 0. The quantitative estimate of drug-likeness (QED) is 0.574. The summed E-state index contributed by atoms with van der Waals surface area (Å²) in [5, 5.41) is 14.9. The van der Waals surface area contributed by atoms with Crippen LogP contribution in [0.25, 0.3) is 0 Å². The molecule has 0 radical (unpaired) electrons. The molecule has 1 amide bonds. The van der Waals surface area contributed by atoms with Gasteiger partial charge in [-0.25, -0.2) is 0 Å². The van der Waals surface area contributed by atoms with E-state index >= 15 is 0 Å². The lowest BCUT2D eigenvalue weighted by Crippen LogP contribution is -2.27. The van der Waals surface area contributed by atoms with Crippen LogP contribution in [0.4, 0.5) is 5.69 Å². The molecule has 0 spiro atoms. The number of rotatable bonds is 6. The fraction of sp³-hybridized carbons (Fsp3) is 0.235. The number of hydrogen-bond donors (Lipinski definition) is 1. The van der Waals surface area contributed by atoms with Gasteiger partial charge in [-0.3, -0.25) is 14.9 Å². The molecule has 138 valence electrons. The maximum absolute atomic E-state index is 12.6. The average molecular weight is 399 g/mol. The van der Waals surface area contributed by atoms with Gasteiger partial charge in [-0.15, -0.1) is 0 Å². The van der Waals surface area contributed by atoms with Crippen molar-refractivity contribution >= 4 is 34.8 Å². The number of nitro groups is 1. The summed E-state index contributed by atoms with van der Waals surface area (Å²) in [7, 11) is 2.73. The standard InChI is InChI=1S/C17H16Cl2N2O5/c1-9(11-5-4-10(18)6-13(11)19)20-17(22)12-7-15(25-2)16(26-3)8-14(12)21(23)24/h4-9H,1-3H3,(H,20,22)/t9-/m0/s1. The molecule has 0 saturated heterocycles. The fourth-order valence-corrected chi connectivity index (χ4v) is 2.98. The molecule has 0 aromatic heterocycles. The maximum atomic E-state index is 12.6. The van der Waals surface area contributed by atoms with E-state index in [4.69, 9.17) is 32.7 Å². The highest BCUT2D eigenvalue weighted by molar-refractivity contribution is 6.35. The van der Waals surface area contributed by atoms with Crippen molar-refractivity contribution in [3.05, 3.63) is 61.6 Å². The lowest BCUT2D eigenvalue weighted by molar-refractivity contribution is -0.385. The maximum Gasteiger partial charge on any atom is 0.286 e. The van der Waals surface area contributed by atoms with Gasteiger partial charge in [0.25, 0.3) is 11.6 Å². The molecule has 0 heterocycles. The number of carbonyl (C=O) groups is 1. The first-order valence-corrected chi connectivity index (χ1v) is 8.20. The van der Waals surface area contributed by atoms with Crippen LogP contribution in [0.5, 0.6) is 11.5 Å². The van der Waals surface area contributed by atoms with Gasteiger partial charge >= 0.3 is 0 Å². The third-order valence-corrected chi connectivity index (χ3v) is 4.28. The summed E-state index contributed by atoms with van der Waals surface area (Å²) >= 11 is 12.0. The van der Waals surface area contributed by atoms with Crippen molar-refractivity contribution < 1.29 is 19.2 Å². The number of amides is 1. The number of nitro benzene ring substituents is 1. The first kappa shape index (κ1) is 19.8. The Morgan fingerprint density at radius 2 is 1.77 bits per heavy atom. The van der Waals surface area contributed by atoms with Gasteiger partial charge in [-0.2, -0.15) is 0 Å². The molecule has 2 aromatic carbocycles. The molecule has 0 aliphatic rings. The molecule has 0 fully saturated rings. The molecule has 0 unspecified atom stereocenters. The number of nitrogens with zero attached hydrogens (tertiary/aromatic N) is 1. The number of ether oxygens (including phenoxy) is 2. The van der Waals surface area contributed by atoms with Gasteiger partial charge in [-0.05, 0) is 24.6 Å². The van der Waals surface area contributed by atoms with Crippen LogP contribution in [0.15, 0.2) is 30.3 Å². The third kappa shape index (κ3) is 4.17. The summed E-state index contributed by atoms with van der Waals surface area (Å²) in [4.78, 5) is 23.3. The van der Waals surface area contributed by atoms with Crippen LogP contribution in [0.1, 0.15) is 28.9 Å². The van der Waals surface area contributed by atoms with Crippen molar-refractivity contribution in [1.29, 1.82) is 0 Å². The Morgan fingerprint density at radius 3 is 2.31 bits per heavy atom. The van der Waals surface area contributed by atoms with Gasteiger partial charge in [-0.1, -0.05) is 29.3 Å². The summed E-state index contributed by atoms with van der Waals surface area (Å²) in [5.41, 5.74) is 0.0895. The van der Waals surface area contributed by atoms with E-state index in [9.17, 15) is 14.9 Å². The number of methoxy groups -OCH3 is 2. The number of hydrogen-bond acceptors (Lipinski definition) is 5. The minimum absolute atomic E-state index is 0.149. The minimum Gasteiger partial charge on any atom is -0.493 e. The Hall–Kier alpha value is -2.51. The van der Waals surface area contributed by atoms with Crippen LogP contribution in [0.2, 0.25) is 10.0 Å². The van der Waals surface area contributed by atoms with Gasteiger partial charge in [0, 0.05) is 16.1 Å². The average Bonchev–Trinajstić information content (AvgIpc) is 2.59. The Balaban J connectivity index is 2.37. The summed E-state index contributed by atoms with van der Waals surface area (Å²) in [5.74, 6) is -0.277. The predicted octanol–water partition coefficient (Wildman–Crippen LogP) is 4.41. The van der Waals surface area contributed by atoms with Crippen LogP contribution >= 0.6 is 23.2 Å². The van der Waals surface area contributed by atoms with E-state index in [0.29, 0.717) is 15.6 Å². The minimum atomic E-state index is -0.656. The summed E-state index contributed by atoms with van der Waals surface area (Å²) in [6, 6.07) is 6.79. The number of halogens is 2. The second-order valence-electron chi connectivity index (χ2n) is 5.34. The van der Waals surface area contributed by atoms with E-state index in [1.165, 1.54) is 20.3 Å². The highest BCUT2D eigenvalue weighted by atomic mass is 35.5. The van der Waals surface area contributed by atoms with Crippen molar-refractivity contribution in [3.63, 3.8) is 0 Å². The number of carbonyl (C=O) groups excluding carboxylic acids is 1. The SMILES string of the molecule is COc1cc(C(=O)N[C@@H](C)c2ccc(Cl)cc2Cl)c([N+](=O)[O-])cc1OC. The molecule has 0 bridgehead atoms. The zero-order chi connectivity index (χ0) is 19.4. The molecule has 9 heteroatoms. The van der Waals surface area contributed by atoms with Crippen LogP contribution in [-0.4, -0.2) is 25.1 Å². The molecule has 7 nitrogen and oxygen atoms in total. The van der Waals surface area contributed by atoms with E-state index in [1.54, 1.807) is 25.1 Å². The Labute approximate surface area is 160 Å². The lowest BCUT2D eigenvalue weighted by atomic mass is 10.1. The molecule has 1 N–H and O–H groups in total. The van der Waals surface area contributed by atoms with Gasteiger partial charge in [0.2, 0.25) is 0 Å². The topological polar surface area (TPSA) is 90.7 Å². The summed E-state index contributed by atoms with van der Waals surface area (Å²) < 4.78 is 10.2. The second kappa shape index (κ2) is 8.25. The molecule has 0 aliphatic carbocycles. The fourth-order valence-electron chi connectivity index (χ4n) is 2.41. The molecular formula is C17H16Cl2N2O5. The number of nitrogens with one attached hydrogen (secondary N) is 1. The van der Waals surface area contributed by atoms with E-state index < -0.39 is 22.6 Å². The van der Waals surface area contributed by atoms with E-state index in [-0.39, 0.29) is 17.1 Å². The lowest BCUT2D eigenvalue weighted by Gasteiger charge is -2.17. The van der Waals surface area contributed by atoms with Crippen molar-refractivity contribution in [2.24, 2.45) is 0 Å². The van der Waals surface area contributed by atoms with Crippen LogP contribution < -0.4 is 14.8 Å². The normalized spacial score (nSPS) is 11.6. The van der Waals surface area contributed by atoms with Gasteiger partial charge in [0.1, 0.15) is 5.56 Å². The molecule has 2 rings (SSSR count). The largest absolute Gasteiger partial charge is 0.493 e. The van der Waals surface area contributed by atoms with Crippen molar-refractivity contribution in [3.8, 4) is 11.5 Å². The second-order valence-corrected chi connectivity index (χ2v) is 6.19. The van der Waals surface area contributed by atoms with Crippen molar-refractivity contribution in [2.75, 3.05) is 14.2 Å². The van der Waals surface area contributed by atoms with E-state index in [2.05, 4.69) is 5.32 Å². The molecule has 2 aromatic rings.